The van der Waals surface area contributed by atoms with E-state index in [-0.39, 0.29) is 35.0 Å². The van der Waals surface area contributed by atoms with Crippen molar-refractivity contribution in [3.63, 3.8) is 0 Å². The highest BCUT2D eigenvalue weighted by atomic mass is 32.2. The van der Waals surface area contributed by atoms with Gasteiger partial charge in [-0.3, -0.25) is 4.79 Å². The first-order valence-corrected chi connectivity index (χ1v) is 14.4. The molecule has 0 saturated heterocycles. The summed E-state index contributed by atoms with van der Waals surface area (Å²) in [6.07, 6.45) is 3.34. The molecule has 0 bridgehead atoms. The largest absolute Gasteiger partial charge is 0.497 e. The molecular formula is C24H29N3O9S2. The molecule has 2 amide bonds. The van der Waals surface area contributed by atoms with Crippen LogP contribution < -0.4 is 20.1 Å². The lowest BCUT2D eigenvalue weighted by atomic mass is 10.0. The zero-order chi connectivity index (χ0) is 27.7. The lowest BCUT2D eigenvalue weighted by Gasteiger charge is -2.28. The monoisotopic (exact) mass is 567 g/mol. The molecule has 14 heteroatoms. The SMILES string of the molecule is CCOC(=O)C1=C(COC(=O)C(CCSC)NS(=O)(=O)c2ccc(OC)cc2)NC(=O)NC1c1ccco1. The number of methoxy groups -OCH3 is 1. The average molecular weight is 568 g/mol. The number of furan rings is 1. The minimum Gasteiger partial charge on any atom is -0.497 e. The molecule has 0 radical (unpaired) electrons. The van der Waals surface area contributed by atoms with Gasteiger partial charge in [0.15, 0.2) is 0 Å². The minimum absolute atomic E-state index is 0.00585. The topological polar surface area (TPSA) is 162 Å². The van der Waals surface area contributed by atoms with Crippen molar-refractivity contribution in [2.24, 2.45) is 0 Å². The van der Waals surface area contributed by atoms with Crippen molar-refractivity contribution in [2.45, 2.75) is 30.3 Å². The molecule has 0 saturated carbocycles. The number of esters is 2. The second-order valence-electron chi connectivity index (χ2n) is 7.90. The number of carbonyl (C=O) groups is 3. The summed E-state index contributed by atoms with van der Waals surface area (Å²) in [5, 5.41) is 5.06. The predicted molar refractivity (Wildman–Crippen MR) is 138 cm³/mol. The number of rotatable bonds is 13. The van der Waals surface area contributed by atoms with Crippen LogP contribution in [-0.4, -0.2) is 64.8 Å². The normalized spacial score (nSPS) is 16.3. The first-order chi connectivity index (χ1) is 18.2. The summed E-state index contributed by atoms with van der Waals surface area (Å²) in [5.74, 6) is -0.412. The smallest absolute Gasteiger partial charge is 0.338 e. The van der Waals surface area contributed by atoms with Gasteiger partial charge in [-0.05, 0) is 61.8 Å². The molecule has 12 nitrogen and oxygen atoms in total. The first-order valence-electron chi connectivity index (χ1n) is 11.5. The Labute approximate surface area is 224 Å². The molecule has 0 aliphatic carbocycles. The van der Waals surface area contributed by atoms with E-state index < -0.39 is 46.7 Å². The molecule has 0 fully saturated rings. The summed E-state index contributed by atoms with van der Waals surface area (Å²) >= 11 is 1.42. The molecule has 3 N–H and O–H groups in total. The highest BCUT2D eigenvalue weighted by molar-refractivity contribution is 7.98. The van der Waals surface area contributed by atoms with Crippen LogP contribution in [0.25, 0.3) is 0 Å². The van der Waals surface area contributed by atoms with Gasteiger partial charge in [0, 0.05) is 0 Å². The molecule has 3 rings (SSSR count). The lowest BCUT2D eigenvalue weighted by Crippen LogP contribution is -2.47. The maximum atomic E-state index is 13.0. The zero-order valence-electron chi connectivity index (χ0n) is 21.0. The van der Waals surface area contributed by atoms with Gasteiger partial charge in [0.05, 0.1) is 36.1 Å². The van der Waals surface area contributed by atoms with E-state index in [0.29, 0.717) is 11.5 Å². The summed E-state index contributed by atoms with van der Waals surface area (Å²) < 4.78 is 49.2. The zero-order valence-corrected chi connectivity index (χ0v) is 22.6. The Balaban J connectivity index is 1.83. The minimum atomic E-state index is -4.08. The van der Waals surface area contributed by atoms with Crippen LogP contribution in [0.3, 0.4) is 0 Å². The second-order valence-corrected chi connectivity index (χ2v) is 10.6. The van der Waals surface area contributed by atoms with Crippen molar-refractivity contribution in [3.8, 4) is 5.75 Å². The van der Waals surface area contributed by atoms with Crippen molar-refractivity contribution in [1.29, 1.82) is 0 Å². The van der Waals surface area contributed by atoms with Gasteiger partial charge in [-0.2, -0.15) is 16.5 Å². The number of ether oxygens (including phenoxy) is 3. The number of hydrogen-bond acceptors (Lipinski definition) is 10. The van der Waals surface area contributed by atoms with Crippen LogP contribution in [0.4, 0.5) is 4.79 Å². The molecule has 1 aliphatic rings. The molecule has 2 aromatic rings. The Hall–Kier alpha value is -3.49. The lowest BCUT2D eigenvalue weighted by molar-refractivity contribution is -0.145. The highest BCUT2D eigenvalue weighted by Gasteiger charge is 2.36. The van der Waals surface area contributed by atoms with Gasteiger partial charge in [-0.15, -0.1) is 0 Å². The van der Waals surface area contributed by atoms with Crippen molar-refractivity contribution >= 4 is 39.8 Å². The summed E-state index contributed by atoms with van der Waals surface area (Å²) in [6, 6.07) is 6.01. The fourth-order valence-electron chi connectivity index (χ4n) is 3.57. The Morgan fingerprint density at radius 3 is 2.53 bits per heavy atom. The Bertz CT molecular complexity index is 1260. The van der Waals surface area contributed by atoms with E-state index in [1.54, 1.807) is 19.1 Å². The number of benzene rings is 1. The van der Waals surface area contributed by atoms with E-state index in [4.69, 9.17) is 18.6 Å². The molecular weight excluding hydrogens is 538 g/mol. The van der Waals surface area contributed by atoms with Crippen LogP contribution >= 0.6 is 11.8 Å². The molecule has 1 aromatic carbocycles. The van der Waals surface area contributed by atoms with Crippen molar-refractivity contribution in [3.05, 3.63) is 59.7 Å². The number of nitrogens with one attached hydrogen (secondary N) is 3. The van der Waals surface area contributed by atoms with Crippen LogP contribution in [0.15, 0.2) is 63.2 Å². The fraction of sp³-hybridized carbons (Fsp3) is 0.375. The standard InChI is InChI=1S/C24H29N3O9S2/c1-4-34-23(29)20-18(25-24(30)26-21(20)19-6-5-12-35-19)14-36-22(28)17(11-13-37-3)27-38(31,32)16-9-7-15(33-2)8-10-16/h5-10,12,17,21,27H,4,11,13-14H2,1-3H3,(H2,25,26,30). The van der Waals surface area contributed by atoms with Gasteiger partial charge >= 0.3 is 18.0 Å². The molecule has 2 heterocycles. The summed E-state index contributed by atoms with van der Waals surface area (Å²) in [5.41, 5.74) is -0.0164. The molecule has 38 heavy (non-hydrogen) atoms. The van der Waals surface area contributed by atoms with Crippen LogP contribution in [0, 0.1) is 0 Å². The van der Waals surface area contributed by atoms with Crippen molar-refractivity contribution < 1.29 is 41.4 Å². The van der Waals surface area contributed by atoms with E-state index in [0.717, 1.165) is 0 Å². The Morgan fingerprint density at radius 2 is 1.92 bits per heavy atom. The van der Waals surface area contributed by atoms with Gasteiger partial charge in [0.2, 0.25) is 10.0 Å². The molecule has 0 spiro atoms. The number of urea groups is 1. The Kier molecular flexibility index (Phi) is 10.2. The molecule has 1 aromatic heterocycles. The number of carbonyl (C=O) groups excluding carboxylic acids is 3. The second kappa shape index (κ2) is 13.3. The maximum Gasteiger partial charge on any atom is 0.338 e. The van der Waals surface area contributed by atoms with E-state index in [2.05, 4.69) is 15.4 Å². The highest BCUT2D eigenvalue weighted by Crippen LogP contribution is 2.28. The number of amides is 2. The third-order valence-electron chi connectivity index (χ3n) is 5.40. The first kappa shape index (κ1) is 29.1. The fourth-order valence-corrected chi connectivity index (χ4v) is 5.26. The van der Waals surface area contributed by atoms with Crippen molar-refractivity contribution in [2.75, 3.05) is 32.3 Å². The Morgan fingerprint density at radius 1 is 1.18 bits per heavy atom. The van der Waals surface area contributed by atoms with Gasteiger partial charge in [0.25, 0.3) is 0 Å². The van der Waals surface area contributed by atoms with Crippen molar-refractivity contribution in [1.82, 2.24) is 15.4 Å². The van der Waals surface area contributed by atoms with Crippen LogP contribution in [0.5, 0.6) is 5.75 Å². The van der Waals surface area contributed by atoms with Crippen LogP contribution in [0.2, 0.25) is 0 Å². The van der Waals surface area contributed by atoms with Gasteiger partial charge in [0.1, 0.15) is 30.2 Å². The van der Waals surface area contributed by atoms with Crippen LogP contribution in [-0.2, 0) is 29.1 Å². The van der Waals surface area contributed by atoms with E-state index >= 15 is 0 Å². The van der Waals surface area contributed by atoms with E-state index in [9.17, 15) is 22.8 Å². The van der Waals surface area contributed by atoms with Gasteiger partial charge in [-0.25, -0.2) is 18.0 Å². The van der Waals surface area contributed by atoms with Gasteiger partial charge in [-0.1, -0.05) is 0 Å². The van der Waals surface area contributed by atoms with Crippen LogP contribution in [0.1, 0.15) is 25.1 Å². The van der Waals surface area contributed by atoms with Gasteiger partial charge < -0.3 is 29.3 Å². The average Bonchev–Trinajstić information content (AvgIpc) is 3.44. The quantitative estimate of drug-likeness (QED) is 0.306. The molecule has 206 valence electrons. The summed E-state index contributed by atoms with van der Waals surface area (Å²) in [7, 11) is -2.62. The number of thioether (sulfide) groups is 1. The van der Waals surface area contributed by atoms with E-state index in [1.165, 1.54) is 49.4 Å². The number of sulfonamides is 1. The number of hydrogen-bond donors (Lipinski definition) is 3. The summed E-state index contributed by atoms with van der Waals surface area (Å²) in [6.45, 7) is 1.18. The maximum absolute atomic E-state index is 13.0. The third-order valence-corrected chi connectivity index (χ3v) is 7.53. The molecule has 1 aliphatic heterocycles. The van der Waals surface area contributed by atoms with E-state index in [1.807, 2.05) is 6.26 Å². The molecule has 2 atom stereocenters. The molecule has 2 unspecified atom stereocenters. The third kappa shape index (κ3) is 7.30. The summed E-state index contributed by atoms with van der Waals surface area (Å²) in [4.78, 5) is 38.1. The predicted octanol–water partition coefficient (Wildman–Crippen LogP) is 2.10.